The van der Waals surface area contributed by atoms with Crippen LogP contribution in [0.15, 0.2) is 53.4 Å². The third kappa shape index (κ3) is 5.27. The molecule has 0 heterocycles. The van der Waals surface area contributed by atoms with Gasteiger partial charge in [-0.1, -0.05) is 29.8 Å². The number of nitrogens with zero attached hydrogens (tertiary/aromatic N) is 2. The first-order chi connectivity index (χ1) is 13.7. The molecule has 2 aromatic carbocycles. The van der Waals surface area contributed by atoms with Crippen LogP contribution in [-0.4, -0.2) is 51.9 Å². The average molecular weight is 439 g/mol. The van der Waals surface area contributed by atoms with Crippen LogP contribution in [0.3, 0.4) is 0 Å². The van der Waals surface area contributed by atoms with Gasteiger partial charge in [-0.3, -0.25) is 9.10 Å². The number of benzene rings is 2. The van der Waals surface area contributed by atoms with Gasteiger partial charge in [0, 0.05) is 20.1 Å². The van der Waals surface area contributed by atoms with Gasteiger partial charge in [-0.05, 0) is 44.2 Å². The normalized spacial score (nSPS) is 11.0. The van der Waals surface area contributed by atoms with Crippen molar-refractivity contribution in [3.05, 3.63) is 59.1 Å². The number of hydrogen-bond acceptors (Lipinski definition) is 5. The molecule has 0 saturated carbocycles. The SMILES string of the molecule is CCN(CC)C(=O)COC(=O)c1cc(S(=O)(=O)N(C)c2ccccc2)ccc1Cl. The summed E-state index contributed by atoms with van der Waals surface area (Å²) in [6.45, 7) is 4.17. The minimum atomic E-state index is -3.93. The zero-order chi connectivity index (χ0) is 21.6. The van der Waals surface area contributed by atoms with Gasteiger partial charge < -0.3 is 9.64 Å². The molecule has 2 rings (SSSR count). The van der Waals surface area contributed by atoms with Gasteiger partial charge in [0.25, 0.3) is 15.9 Å². The standard InChI is InChI=1S/C20H23ClN2O5S/c1-4-23(5-2)19(24)14-28-20(25)17-13-16(11-12-18(17)21)29(26,27)22(3)15-9-7-6-8-10-15/h6-13H,4-5,14H2,1-3H3. The lowest BCUT2D eigenvalue weighted by molar-refractivity contribution is -0.134. The molecule has 0 aliphatic rings. The quantitative estimate of drug-likeness (QED) is 0.591. The molecule has 0 radical (unpaired) electrons. The number of para-hydroxylation sites is 1. The second-order valence-corrected chi connectivity index (χ2v) is 8.47. The summed E-state index contributed by atoms with van der Waals surface area (Å²) in [5.41, 5.74) is 0.345. The van der Waals surface area contributed by atoms with Crippen LogP contribution >= 0.6 is 11.6 Å². The number of rotatable bonds is 8. The Bertz CT molecular complexity index is 976. The average Bonchev–Trinajstić information content (AvgIpc) is 2.73. The maximum Gasteiger partial charge on any atom is 0.340 e. The molecule has 0 bridgehead atoms. The molecule has 0 fully saturated rings. The first-order valence-electron chi connectivity index (χ1n) is 9.00. The number of halogens is 1. The molecule has 156 valence electrons. The maximum atomic E-state index is 12.9. The van der Waals surface area contributed by atoms with E-state index in [-0.39, 0.29) is 21.4 Å². The highest BCUT2D eigenvalue weighted by Crippen LogP contribution is 2.26. The number of carbonyl (C=O) groups excluding carboxylic acids is 2. The smallest absolute Gasteiger partial charge is 0.340 e. The van der Waals surface area contributed by atoms with E-state index in [0.29, 0.717) is 18.8 Å². The van der Waals surface area contributed by atoms with Gasteiger partial charge in [-0.25, -0.2) is 13.2 Å². The van der Waals surface area contributed by atoms with E-state index in [4.69, 9.17) is 16.3 Å². The Hall–Kier alpha value is -2.58. The minimum Gasteiger partial charge on any atom is -0.452 e. The van der Waals surface area contributed by atoms with E-state index < -0.39 is 22.6 Å². The largest absolute Gasteiger partial charge is 0.452 e. The molecule has 0 saturated heterocycles. The molecule has 0 aliphatic heterocycles. The Kier molecular flexibility index (Phi) is 7.64. The van der Waals surface area contributed by atoms with Crippen LogP contribution in [0.25, 0.3) is 0 Å². The van der Waals surface area contributed by atoms with Gasteiger partial charge in [0.15, 0.2) is 6.61 Å². The number of hydrogen-bond donors (Lipinski definition) is 0. The molecule has 7 nitrogen and oxygen atoms in total. The van der Waals surface area contributed by atoms with E-state index in [2.05, 4.69) is 0 Å². The fourth-order valence-corrected chi connectivity index (χ4v) is 4.05. The number of esters is 1. The van der Waals surface area contributed by atoms with Crippen LogP contribution in [0.5, 0.6) is 0 Å². The first kappa shape index (κ1) is 22.7. The van der Waals surface area contributed by atoms with Crippen LogP contribution in [0, 0.1) is 0 Å². The Morgan fingerprint density at radius 2 is 1.66 bits per heavy atom. The number of amides is 1. The predicted molar refractivity (Wildman–Crippen MR) is 112 cm³/mol. The summed E-state index contributed by atoms with van der Waals surface area (Å²) in [7, 11) is -2.51. The molecule has 29 heavy (non-hydrogen) atoms. The van der Waals surface area contributed by atoms with Crippen LogP contribution < -0.4 is 4.31 Å². The van der Waals surface area contributed by atoms with Crippen LogP contribution in [-0.2, 0) is 19.6 Å². The van der Waals surface area contributed by atoms with E-state index in [1.807, 2.05) is 13.8 Å². The highest BCUT2D eigenvalue weighted by molar-refractivity contribution is 7.92. The highest BCUT2D eigenvalue weighted by atomic mass is 35.5. The second kappa shape index (κ2) is 9.76. The van der Waals surface area contributed by atoms with Crippen molar-refractivity contribution in [2.24, 2.45) is 0 Å². The summed E-state index contributed by atoms with van der Waals surface area (Å²) in [5, 5.41) is 0.0339. The van der Waals surface area contributed by atoms with Crippen molar-refractivity contribution >= 4 is 39.2 Å². The number of sulfonamides is 1. The van der Waals surface area contributed by atoms with Gasteiger partial charge >= 0.3 is 5.97 Å². The van der Waals surface area contributed by atoms with Crippen LogP contribution in [0.1, 0.15) is 24.2 Å². The second-order valence-electron chi connectivity index (χ2n) is 6.09. The molecule has 1 amide bonds. The van der Waals surface area contributed by atoms with E-state index in [9.17, 15) is 18.0 Å². The molecule has 0 spiro atoms. The summed E-state index contributed by atoms with van der Waals surface area (Å²) in [5.74, 6) is -1.21. The van der Waals surface area contributed by atoms with Crippen molar-refractivity contribution in [3.63, 3.8) is 0 Å². The Morgan fingerprint density at radius 3 is 2.24 bits per heavy atom. The van der Waals surface area contributed by atoms with Gasteiger partial charge in [0.1, 0.15) is 0 Å². The van der Waals surface area contributed by atoms with E-state index in [0.717, 1.165) is 10.4 Å². The lowest BCUT2D eigenvalue weighted by Crippen LogP contribution is -2.34. The maximum absolute atomic E-state index is 12.9. The number of anilines is 1. The van der Waals surface area contributed by atoms with Crippen molar-refractivity contribution in [3.8, 4) is 0 Å². The summed E-state index contributed by atoms with van der Waals surface area (Å²) in [6.07, 6.45) is 0. The molecule has 0 aromatic heterocycles. The third-order valence-corrected chi connectivity index (χ3v) is 6.49. The molecule has 2 aromatic rings. The molecule has 9 heteroatoms. The van der Waals surface area contributed by atoms with Crippen molar-refractivity contribution in [2.75, 3.05) is 31.0 Å². The van der Waals surface area contributed by atoms with E-state index in [1.54, 1.807) is 30.3 Å². The van der Waals surface area contributed by atoms with Crippen molar-refractivity contribution in [1.82, 2.24) is 4.90 Å². The fraction of sp³-hybridized carbons (Fsp3) is 0.300. The number of ether oxygens (including phenoxy) is 1. The fourth-order valence-electron chi connectivity index (χ4n) is 2.63. The van der Waals surface area contributed by atoms with Gasteiger partial charge in [-0.2, -0.15) is 0 Å². The lowest BCUT2D eigenvalue weighted by Gasteiger charge is -2.20. The number of likely N-dealkylation sites (N-methyl/N-ethyl adjacent to an activating group) is 1. The highest BCUT2D eigenvalue weighted by Gasteiger charge is 2.24. The van der Waals surface area contributed by atoms with E-state index in [1.165, 1.54) is 24.1 Å². The van der Waals surface area contributed by atoms with Crippen molar-refractivity contribution < 1.29 is 22.7 Å². The summed E-state index contributed by atoms with van der Waals surface area (Å²) >= 11 is 6.07. The lowest BCUT2D eigenvalue weighted by atomic mass is 10.2. The summed E-state index contributed by atoms with van der Waals surface area (Å²) < 4.78 is 32.0. The first-order valence-corrected chi connectivity index (χ1v) is 10.8. The molecule has 0 aliphatic carbocycles. The molecule has 0 unspecified atom stereocenters. The summed E-state index contributed by atoms with van der Waals surface area (Å²) in [4.78, 5) is 25.8. The Balaban J connectivity index is 2.25. The Morgan fingerprint density at radius 1 is 1.03 bits per heavy atom. The molecule has 0 N–H and O–H groups in total. The summed E-state index contributed by atoms with van der Waals surface area (Å²) in [6, 6.07) is 12.3. The topological polar surface area (TPSA) is 84.0 Å². The van der Waals surface area contributed by atoms with Crippen LogP contribution in [0.4, 0.5) is 5.69 Å². The monoisotopic (exact) mass is 438 g/mol. The minimum absolute atomic E-state index is 0.0339. The predicted octanol–water partition coefficient (Wildman–Crippen LogP) is 3.19. The molecular weight excluding hydrogens is 416 g/mol. The van der Waals surface area contributed by atoms with Crippen molar-refractivity contribution in [1.29, 1.82) is 0 Å². The van der Waals surface area contributed by atoms with Gasteiger partial charge in [0.05, 0.1) is 21.2 Å². The van der Waals surface area contributed by atoms with Gasteiger partial charge in [0.2, 0.25) is 0 Å². The van der Waals surface area contributed by atoms with Gasteiger partial charge in [-0.15, -0.1) is 0 Å². The number of carbonyl (C=O) groups is 2. The van der Waals surface area contributed by atoms with Crippen molar-refractivity contribution in [2.45, 2.75) is 18.7 Å². The van der Waals surface area contributed by atoms with Crippen LogP contribution in [0.2, 0.25) is 5.02 Å². The zero-order valence-corrected chi connectivity index (χ0v) is 18.0. The molecule has 0 atom stereocenters. The molecular formula is C20H23ClN2O5S. The van der Waals surface area contributed by atoms with E-state index >= 15 is 0 Å². The third-order valence-electron chi connectivity index (χ3n) is 4.38. The Labute approximate surface area is 175 Å². The zero-order valence-electron chi connectivity index (χ0n) is 16.5.